The van der Waals surface area contributed by atoms with E-state index in [0.717, 1.165) is 36.9 Å². The molecule has 4 N–H and O–H groups in total. The zero-order valence-corrected chi connectivity index (χ0v) is 19.8. The van der Waals surface area contributed by atoms with Gasteiger partial charge >= 0.3 is 0 Å². The van der Waals surface area contributed by atoms with Gasteiger partial charge < -0.3 is 21.3 Å². The molecule has 5 rings (SSSR count). The van der Waals surface area contributed by atoms with E-state index in [0.29, 0.717) is 28.7 Å². The molecule has 0 bridgehead atoms. The second-order valence-corrected chi connectivity index (χ2v) is 8.99. The number of pyridine rings is 2. The Morgan fingerprint density at radius 3 is 2.54 bits per heavy atom. The van der Waals surface area contributed by atoms with Crippen LogP contribution in [0.4, 0.5) is 23.0 Å². The summed E-state index contributed by atoms with van der Waals surface area (Å²) in [7, 11) is 1.72. The summed E-state index contributed by atoms with van der Waals surface area (Å²) in [5, 5.41) is 11.6. The second-order valence-electron chi connectivity index (χ2n) is 8.99. The van der Waals surface area contributed by atoms with E-state index in [1.165, 1.54) is 0 Å². The molecule has 4 aromatic rings. The van der Waals surface area contributed by atoms with Crippen molar-refractivity contribution < 1.29 is 4.79 Å². The Balaban J connectivity index is 1.52. The summed E-state index contributed by atoms with van der Waals surface area (Å²) >= 11 is 0. The van der Waals surface area contributed by atoms with Crippen LogP contribution in [0.3, 0.4) is 0 Å². The van der Waals surface area contributed by atoms with Crippen LogP contribution < -0.4 is 21.3 Å². The maximum Gasteiger partial charge on any atom is 0.278 e. The molecule has 0 spiro atoms. The molecule has 10 heteroatoms. The largest absolute Gasteiger partial charge is 0.366 e. The van der Waals surface area contributed by atoms with Crippen LogP contribution in [0.15, 0.2) is 55.1 Å². The molecule has 1 fully saturated rings. The number of fused-ring (bicyclic) bond motifs is 1. The van der Waals surface area contributed by atoms with E-state index in [1.807, 2.05) is 25.1 Å². The maximum absolute atomic E-state index is 13.4. The number of nitrogens with zero attached hydrogens (tertiary/aromatic N) is 6. The van der Waals surface area contributed by atoms with E-state index in [9.17, 15) is 4.79 Å². The van der Waals surface area contributed by atoms with Gasteiger partial charge in [-0.2, -0.15) is 0 Å². The van der Waals surface area contributed by atoms with Crippen molar-refractivity contribution in [3.8, 4) is 0 Å². The van der Waals surface area contributed by atoms with Crippen LogP contribution in [-0.4, -0.2) is 49.6 Å². The zero-order chi connectivity index (χ0) is 24.4. The third kappa shape index (κ3) is 4.92. The van der Waals surface area contributed by atoms with Crippen molar-refractivity contribution in [3.05, 3.63) is 66.4 Å². The Bertz CT molecular complexity index is 1310. The lowest BCUT2D eigenvalue weighted by atomic mass is 9.92. The minimum absolute atomic E-state index is 0.226. The van der Waals surface area contributed by atoms with Gasteiger partial charge in [-0.15, -0.1) is 5.10 Å². The molecule has 10 nitrogen and oxygen atoms in total. The summed E-state index contributed by atoms with van der Waals surface area (Å²) in [6, 6.07) is 9.91. The molecule has 1 aliphatic carbocycles. The summed E-state index contributed by atoms with van der Waals surface area (Å²) in [4.78, 5) is 28.0. The summed E-state index contributed by atoms with van der Waals surface area (Å²) in [5.41, 5.74) is 9.48. The Morgan fingerprint density at radius 2 is 1.83 bits per heavy atom. The van der Waals surface area contributed by atoms with Gasteiger partial charge in [-0.05, 0) is 56.4 Å². The number of nitrogens with two attached hydrogens (primary N) is 1. The van der Waals surface area contributed by atoms with Crippen LogP contribution in [0.5, 0.6) is 0 Å². The molecule has 1 saturated carbocycles. The molecule has 0 atom stereocenters. The molecule has 0 saturated heterocycles. The van der Waals surface area contributed by atoms with Gasteiger partial charge in [-0.25, -0.2) is 14.5 Å². The summed E-state index contributed by atoms with van der Waals surface area (Å²) in [5.74, 6) is 1.12. The van der Waals surface area contributed by atoms with Crippen LogP contribution >= 0.6 is 0 Å². The normalized spacial score (nSPS) is 17.8. The first kappa shape index (κ1) is 22.7. The van der Waals surface area contributed by atoms with Gasteiger partial charge in [0.15, 0.2) is 11.3 Å². The summed E-state index contributed by atoms with van der Waals surface area (Å²) in [6.07, 6.45) is 10.6. The Hall–Kier alpha value is -4.05. The third-order valence-electron chi connectivity index (χ3n) is 6.34. The van der Waals surface area contributed by atoms with Gasteiger partial charge in [0.2, 0.25) is 0 Å². The van der Waals surface area contributed by atoms with Crippen LogP contribution in [0, 0.1) is 6.92 Å². The minimum Gasteiger partial charge on any atom is -0.366 e. The first-order chi connectivity index (χ1) is 17.0. The topological polar surface area (TPSA) is 126 Å². The highest BCUT2D eigenvalue weighted by Crippen LogP contribution is 2.27. The number of imidazole rings is 1. The average molecular weight is 472 g/mol. The highest BCUT2D eigenvalue weighted by Gasteiger charge is 2.23. The number of anilines is 4. The lowest BCUT2D eigenvalue weighted by Crippen LogP contribution is -2.33. The summed E-state index contributed by atoms with van der Waals surface area (Å²) in [6.45, 7) is 1.99. The highest BCUT2D eigenvalue weighted by atomic mass is 16.2. The highest BCUT2D eigenvalue weighted by molar-refractivity contribution is 6.05. The number of amides is 1. The van der Waals surface area contributed by atoms with Gasteiger partial charge in [-0.1, -0.05) is 6.07 Å². The first-order valence-corrected chi connectivity index (χ1v) is 11.8. The Kier molecular flexibility index (Phi) is 6.28. The van der Waals surface area contributed by atoms with E-state index in [1.54, 1.807) is 53.4 Å². The number of hydrogen-bond acceptors (Lipinski definition) is 8. The number of carbonyl (C=O) groups is 1. The van der Waals surface area contributed by atoms with Crippen molar-refractivity contribution in [1.29, 1.82) is 0 Å². The quantitative estimate of drug-likeness (QED) is 0.390. The van der Waals surface area contributed by atoms with Gasteiger partial charge in [-0.3, -0.25) is 9.78 Å². The van der Waals surface area contributed by atoms with E-state index in [-0.39, 0.29) is 18.0 Å². The molecular formula is C25H29N9O. The fourth-order valence-corrected chi connectivity index (χ4v) is 4.29. The number of nitrogens with one attached hydrogen (secondary N) is 2. The monoisotopic (exact) mass is 471 g/mol. The summed E-state index contributed by atoms with van der Waals surface area (Å²) < 4.78 is 1.59. The van der Waals surface area contributed by atoms with Crippen molar-refractivity contribution in [2.45, 2.75) is 44.7 Å². The second kappa shape index (κ2) is 9.67. The van der Waals surface area contributed by atoms with Crippen molar-refractivity contribution in [2.24, 2.45) is 5.73 Å². The predicted octanol–water partition coefficient (Wildman–Crippen LogP) is 3.53. The zero-order valence-electron chi connectivity index (χ0n) is 19.8. The van der Waals surface area contributed by atoms with Crippen molar-refractivity contribution >= 4 is 34.6 Å². The van der Waals surface area contributed by atoms with Crippen molar-refractivity contribution in [1.82, 2.24) is 24.6 Å². The molecule has 180 valence electrons. The van der Waals surface area contributed by atoms with E-state index >= 15 is 0 Å². The third-order valence-corrected chi connectivity index (χ3v) is 6.34. The molecular weight excluding hydrogens is 442 g/mol. The van der Waals surface area contributed by atoms with Crippen LogP contribution in [0.25, 0.3) is 5.65 Å². The van der Waals surface area contributed by atoms with E-state index < -0.39 is 0 Å². The van der Waals surface area contributed by atoms with Crippen LogP contribution in [0.2, 0.25) is 0 Å². The van der Waals surface area contributed by atoms with Gasteiger partial charge in [0.05, 0.1) is 11.9 Å². The lowest BCUT2D eigenvalue weighted by molar-refractivity contribution is 0.0986. The lowest BCUT2D eigenvalue weighted by Gasteiger charge is -2.27. The molecule has 1 aliphatic rings. The first-order valence-electron chi connectivity index (χ1n) is 11.8. The van der Waals surface area contributed by atoms with E-state index in [2.05, 4.69) is 25.6 Å². The number of carbonyl (C=O) groups excluding carboxylic acids is 1. The molecule has 35 heavy (non-hydrogen) atoms. The fourth-order valence-electron chi connectivity index (χ4n) is 4.29. The van der Waals surface area contributed by atoms with Gasteiger partial charge in [0.25, 0.3) is 5.91 Å². The van der Waals surface area contributed by atoms with Crippen molar-refractivity contribution in [3.63, 3.8) is 0 Å². The fraction of sp³-hybridized carbons (Fsp3) is 0.320. The average Bonchev–Trinajstić information content (AvgIpc) is 3.31. The van der Waals surface area contributed by atoms with Crippen LogP contribution in [0.1, 0.15) is 41.7 Å². The van der Waals surface area contributed by atoms with Crippen molar-refractivity contribution in [2.75, 3.05) is 22.6 Å². The van der Waals surface area contributed by atoms with Crippen LogP contribution in [-0.2, 0) is 0 Å². The molecule has 1 amide bonds. The minimum atomic E-state index is -0.226. The number of aromatic nitrogens is 5. The Morgan fingerprint density at radius 1 is 1.06 bits per heavy atom. The molecule has 0 radical (unpaired) electrons. The molecule has 4 heterocycles. The molecule has 0 aliphatic heterocycles. The maximum atomic E-state index is 13.4. The smallest absolute Gasteiger partial charge is 0.278 e. The molecule has 0 aromatic carbocycles. The number of rotatable bonds is 6. The molecule has 0 unspecified atom stereocenters. The van der Waals surface area contributed by atoms with Gasteiger partial charge in [0, 0.05) is 49.5 Å². The van der Waals surface area contributed by atoms with E-state index in [4.69, 9.17) is 10.8 Å². The standard InChI is InChI=1S/C25H29N9O/c1-16-3-8-22(28-14-16)31-20-13-23(30-18-6-4-17(26)5-7-18)32-34-21(15-29-24(20)34)25(35)33(2)19-9-11-27-12-10-19/h3,8-15,17-18H,4-7,26H2,1-2H3,(H,28,31)(H,30,32)/t17-,18-. The molecule has 4 aromatic heterocycles. The predicted molar refractivity (Wildman–Crippen MR) is 136 cm³/mol. The number of aryl methyl sites for hydroxylation is 1. The van der Waals surface area contributed by atoms with Gasteiger partial charge in [0.1, 0.15) is 11.6 Å². The SMILES string of the molecule is Cc1ccc(Nc2cc(N[C@H]3CC[C@H](N)CC3)nn3c(C(=O)N(C)c4ccncc4)cnc23)nc1. The Labute approximate surface area is 203 Å². The number of hydrogen-bond donors (Lipinski definition) is 3.